The second-order valence-electron chi connectivity index (χ2n) is 3.72. The van der Waals surface area contributed by atoms with Crippen LogP contribution in [-0.4, -0.2) is 29.7 Å². The Bertz CT molecular complexity index is 207. The zero-order valence-electron chi connectivity index (χ0n) is 9.46. The minimum atomic E-state index is 0.0595. The molecule has 0 atom stereocenters. The van der Waals surface area contributed by atoms with Crippen LogP contribution in [0.25, 0.3) is 0 Å². The van der Waals surface area contributed by atoms with Gasteiger partial charge < -0.3 is 0 Å². The fourth-order valence-electron chi connectivity index (χ4n) is 1.43. The Morgan fingerprint density at radius 2 is 1.69 bits per heavy atom. The van der Waals surface area contributed by atoms with Crippen LogP contribution in [0.3, 0.4) is 0 Å². The topological polar surface area (TPSA) is 32.7 Å². The summed E-state index contributed by atoms with van der Waals surface area (Å²) in [5.41, 5.74) is 0. The van der Waals surface area contributed by atoms with Gasteiger partial charge >= 0.3 is 0 Å². The molecule has 0 aliphatic rings. The number of hydrogen-bond donors (Lipinski definition) is 0. The fraction of sp³-hybridized carbons (Fsp3) is 0.800. The molecule has 76 valence electrons. The minimum Gasteiger partial charge on any atom is -0.298 e. The smallest absolute Gasteiger partial charge is 0.225 e. The lowest BCUT2D eigenvalue weighted by molar-refractivity contribution is -0.126. The first kappa shape index (κ1) is 12.1. The van der Waals surface area contributed by atoms with Crippen LogP contribution in [0.4, 0.5) is 0 Å². The van der Waals surface area contributed by atoms with Crippen molar-refractivity contribution in [1.82, 2.24) is 4.90 Å². The van der Waals surface area contributed by atoms with E-state index in [2.05, 4.69) is 4.99 Å². The van der Waals surface area contributed by atoms with Gasteiger partial charge in [0.05, 0.1) is 0 Å². The quantitative estimate of drug-likeness (QED) is 0.477. The average Bonchev–Trinajstić information content (AvgIpc) is 1.97. The average molecular weight is 184 g/mol. The van der Waals surface area contributed by atoms with Crippen molar-refractivity contribution in [3.8, 4) is 0 Å². The van der Waals surface area contributed by atoms with Gasteiger partial charge in [-0.3, -0.25) is 14.7 Å². The maximum absolute atomic E-state index is 11.3. The van der Waals surface area contributed by atoms with E-state index in [-0.39, 0.29) is 17.9 Å². The Hall–Kier alpha value is -0.860. The van der Waals surface area contributed by atoms with Crippen molar-refractivity contribution in [2.24, 2.45) is 10.9 Å². The van der Waals surface area contributed by atoms with E-state index in [0.717, 1.165) is 5.84 Å². The summed E-state index contributed by atoms with van der Waals surface area (Å²) in [6, 6.07) is 0.179. The standard InChI is InChI=1S/C10H20N2O/c1-7(2)10(11-6)12(8(3)4)9(5)13/h7-8H,1-6H3/b11-10-. The molecule has 0 N–H and O–H groups in total. The number of aliphatic imine (C=N–C) groups is 1. The van der Waals surface area contributed by atoms with E-state index >= 15 is 0 Å². The fourth-order valence-corrected chi connectivity index (χ4v) is 1.43. The first-order valence-electron chi connectivity index (χ1n) is 4.68. The summed E-state index contributed by atoms with van der Waals surface area (Å²) in [7, 11) is 1.73. The molecular formula is C10H20N2O. The second kappa shape index (κ2) is 5.00. The Labute approximate surface area is 80.8 Å². The molecule has 0 saturated heterocycles. The normalized spacial score (nSPS) is 12.5. The summed E-state index contributed by atoms with van der Waals surface area (Å²) >= 11 is 0. The minimum absolute atomic E-state index is 0.0595. The zero-order chi connectivity index (χ0) is 10.6. The van der Waals surface area contributed by atoms with Crippen LogP contribution < -0.4 is 0 Å². The Balaban J connectivity index is 4.82. The highest BCUT2D eigenvalue weighted by atomic mass is 16.2. The first-order chi connectivity index (χ1) is 5.91. The molecule has 0 aromatic rings. The van der Waals surface area contributed by atoms with Crippen LogP contribution in [0.15, 0.2) is 4.99 Å². The molecule has 0 fully saturated rings. The van der Waals surface area contributed by atoms with Gasteiger partial charge in [0.15, 0.2) is 0 Å². The molecule has 1 amide bonds. The number of carbonyl (C=O) groups is 1. The first-order valence-corrected chi connectivity index (χ1v) is 4.68. The van der Waals surface area contributed by atoms with Gasteiger partial charge in [-0.05, 0) is 13.8 Å². The Morgan fingerprint density at radius 1 is 1.23 bits per heavy atom. The third-order valence-corrected chi connectivity index (χ3v) is 1.85. The third-order valence-electron chi connectivity index (χ3n) is 1.85. The molecule has 0 aromatic heterocycles. The van der Waals surface area contributed by atoms with Crippen molar-refractivity contribution in [2.75, 3.05) is 7.05 Å². The molecule has 0 radical (unpaired) electrons. The largest absolute Gasteiger partial charge is 0.298 e. The monoisotopic (exact) mass is 184 g/mol. The summed E-state index contributed by atoms with van der Waals surface area (Å²) in [5, 5.41) is 0. The van der Waals surface area contributed by atoms with Crippen molar-refractivity contribution in [1.29, 1.82) is 0 Å². The summed E-state index contributed by atoms with van der Waals surface area (Å²) in [5.74, 6) is 1.21. The SMILES string of the molecule is C/N=C(/C(C)C)N(C(C)=O)C(C)C. The van der Waals surface area contributed by atoms with Crippen molar-refractivity contribution < 1.29 is 4.79 Å². The van der Waals surface area contributed by atoms with Gasteiger partial charge in [0.2, 0.25) is 5.91 Å². The predicted octanol–water partition coefficient (Wildman–Crippen LogP) is 1.93. The highest BCUT2D eigenvalue weighted by Gasteiger charge is 2.20. The van der Waals surface area contributed by atoms with Gasteiger partial charge in [-0.25, -0.2) is 0 Å². The molecule has 13 heavy (non-hydrogen) atoms. The maximum Gasteiger partial charge on any atom is 0.225 e. The summed E-state index contributed by atoms with van der Waals surface area (Å²) in [6.07, 6.45) is 0. The van der Waals surface area contributed by atoms with E-state index in [1.54, 1.807) is 18.9 Å². The van der Waals surface area contributed by atoms with E-state index in [1.807, 2.05) is 27.7 Å². The predicted molar refractivity (Wildman–Crippen MR) is 55.9 cm³/mol. The van der Waals surface area contributed by atoms with Crippen molar-refractivity contribution in [2.45, 2.75) is 40.7 Å². The highest BCUT2D eigenvalue weighted by Crippen LogP contribution is 2.08. The van der Waals surface area contributed by atoms with E-state index in [9.17, 15) is 4.79 Å². The van der Waals surface area contributed by atoms with Crippen molar-refractivity contribution in [3.05, 3.63) is 0 Å². The Kier molecular flexibility index (Phi) is 4.67. The van der Waals surface area contributed by atoms with Gasteiger partial charge in [-0.15, -0.1) is 0 Å². The van der Waals surface area contributed by atoms with Crippen LogP contribution in [-0.2, 0) is 4.79 Å². The molecule has 0 heterocycles. The lowest BCUT2D eigenvalue weighted by Gasteiger charge is -2.28. The number of amides is 1. The molecule has 0 aliphatic heterocycles. The molecular weight excluding hydrogens is 164 g/mol. The van der Waals surface area contributed by atoms with Crippen molar-refractivity contribution >= 4 is 11.7 Å². The number of hydrogen-bond acceptors (Lipinski definition) is 2. The summed E-state index contributed by atoms with van der Waals surface area (Å²) < 4.78 is 0. The number of nitrogens with zero attached hydrogens (tertiary/aromatic N) is 2. The van der Waals surface area contributed by atoms with Gasteiger partial charge in [-0.1, -0.05) is 13.8 Å². The van der Waals surface area contributed by atoms with Crippen LogP contribution in [0, 0.1) is 5.92 Å². The maximum atomic E-state index is 11.3. The second-order valence-corrected chi connectivity index (χ2v) is 3.72. The lowest BCUT2D eigenvalue weighted by Crippen LogP contribution is -2.42. The van der Waals surface area contributed by atoms with E-state index in [1.165, 1.54) is 0 Å². The summed E-state index contributed by atoms with van der Waals surface area (Å²) in [6.45, 7) is 9.65. The molecule has 0 aliphatic carbocycles. The van der Waals surface area contributed by atoms with E-state index in [0.29, 0.717) is 0 Å². The van der Waals surface area contributed by atoms with Gasteiger partial charge in [0, 0.05) is 25.9 Å². The van der Waals surface area contributed by atoms with Gasteiger partial charge in [-0.2, -0.15) is 0 Å². The Morgan fingerprint density at radius 3 is 1.77 bits per heavy atom. The summed E-state index contributed by atoms with van der Waals surface area (Å²) in [4.78, 5) is 17.2. The zero-order valence-corrected chi connectivity index (χ0v) is 9.46. The van der Waals surface area contributed by atoms with Crippen LogP contribution in [0.2, 0.25) is 0 Å². The van der Waals surface area contributed by atoms with Crippen LogP contribution in [0.1, 0.15) is 34.6 Å². The van der Waals surface area contributed by atoms with Crippen molar-refractivity contribution in [3.63, 3.8) is 0 Å². The molecule has 0 saturated carbocycles. The van der Waals surface area contributed by atoms with Crippen LogP contribution in [0.5, 0.6) is 0 Å². The molecule has 0 aromatic carbocycles. The third kappa shape index (κ3) is 3.17. The number of rotatable bonds is 2. The number of amidine groups is 1. The van der Waals surface area contributed by atoms with Gasteiger partial charge in [0.25, 0.3) is 0 Å². The highest BCUT2D eigenvalue weighted by molar-refractivity contribution is 5.98. The molecule has 0 rings (SSSR count). The van der Waals surface area contributed by atoms with Crippen LogP contribution >= 0.6 is 0 Å². The molecule has 3 nitrogen and oxygen atoms in total. The molecule has 0 spiro atoms. The molecule has 3 heteroatoms. The number of carbonyl (C=O) groups excluding carboxylic acids is 1. The van der Waals surface area contributed by atoms with E-state index in [4.69, 9.17) is 0 Å². The molecule has 0 unspecified atom stereocenters. The lowest BCUT2D eigenvalue weighted by atomic mass is 10.1. The van der Waals surface area contributed by atoms with E-state index < -0.39 is 0 Å². The van der Waals surface area contributed by atoms with Gasteiger partial charge in [0.1, 0.15) is 5.84 Å². The molecule has 0 bridgehead atoms.